The normalized spacial score (nSPS) is 44.6. The predicted molar refractivity (Wildman–Crippen MR) is 138 cm³/mol. The first kappa shape index (κ1) is 25.2. The van der Waals surface area contributed by atoms with E-state index in [4.69, 9.17) is 0 Å². The summed E-state index contributed by atoms with van der Waals surface area (Å²) in [6, 6.07) is 0. The minimum absolute atomic E-state index is 0.0259. The van der Waals surface area contributed by atoms with Gasteiger partial charge in [-0.1, -0.05) is 68.1 Å². The van der Waals surface area contributed by atoms with Gasteiger partial charge in [-0.25, -0.2) is 0 Å². The summed E-state index contributed by atoms with van der Waals surface area (Å²) < 4.78 is 0. The van der Waals surface area contributed by atoms with Gasteiger partial charge in [0, 0.05) is 4.83 Å². The summed E-state index contributed by atoms with van der Waals surface area (Å²) >= 11 is 3.72. The third kappa shape index (κ3) is 3.62. The van der Waals surface area contributed by atoms with Gasteiger partial charge in [0.2, 0.25) is 0 Å². The fourth-order valence-electron chi connectivity index (χ4n) is 9.15. The van der Waals surface area contributed by atoms with Crippen LogP contribution >= 0.6 is 15.9 Å². The summed E-state index contributed by atoms with van der Waals surface area (Å²) in [5.41, 5.74) is 4.09. The lowest BCUT2D eigenvalue weighted by Gasteiger charge is -2.62. The van der Waals surface area contributed by atoms with E-state index in [1.807, 2.05) is 25.0 Å². The minimum Gasteiger partial charge on any atom is -0.393 e. The maximum Gasteiger partial charge on any atom is 0.0716 e. The number of alkyl halides is 1. The molecule has 0 spiro atoms. The van der Waals surface area contributed by atoms with Crippen molar-refractivity contribution in [3.63, 3.8) is 0 Å². The Morgan fingerprint density at radius 3 is 2.31 bits per heavy atom. The lowest BCUT2D eigenvalue weighted by atomic mass is 9.43. The second-order valence-electron chi connectivity index (χ2n) is 13.9. The van der Waals surface area contributed by atoms with Gasteiger partial charge in [-0.05, 0) is 112 Å². The molecule has 1 unspecified atom stereocenters. The number of hydrogen-bond acceptors (Lipinski definition) is 2. The topological polar surface area (TPSA) is 40.5 Å². The molecule has 3 heteroatoms. The smallest absolute Gasteiger partial charge is 0.0716 e. The average Bonchev–Trinajstić information content (AvgIpc) is 2.96. The van der Waals surface area contributed by atoms with Crippen molar-refractivity contribution in [3.05, 3.63) is 11.1 Å². The molecule has 2 fully saturated rings. The van der Waals surface area contributed by atoms with E-state index in [9.17, 15) is 10.2 Å². The molecule has 2 nitrogen and oxygen atoms in total. The van der Waals surface area contributed by atoms with Crippen LogP contribution in [0.4, 0.5) is 0 Å². The van der Waals surface area contributed by atoms with Gasteiger partial charge in [0.05, 0.1) is 11.7 Å². The van der Waals surface area contributed by atoms with Crippen LogP contribution < -0.4 is 0 Å². The molecule has 0 heterocycles. The lowest BCUT2D eigenvalue weighted by molar-refractivity contribution is -0.0957. The first-order chi connectivity index (χ1) is 14.7. The Bertz CT molecular complexity index is 764. The van der Waals surface area contributed by atoms with E-state index < -0.39 is 5.60 Å². The second kappa shape index (κ2) is 8.09. The van der Waals surface area contributed by atoms with E-state index in [1.54, 1.807) is 0 Å². The van der Waals surface area contributed by atoms with Crippen LogP contribution in [0.15, 0.2) is 11.1 Å². The zero-order chi connectivity index (χ0) is 23.7. The van der Waals surface area contributed by atoms with Crippen LogP contribution in [-0.2, 0) is 0 Å². The van der Waals surface area contributed by atoms with Crippen molar-refractivity contribution in [2.45, 2.75) is 136 Å². The van der Waals surface area contributed by atoms with Crippen LogP contribution in [0, 0.1) is 33.5 Å². The molecule has 0 aliphatic heterocycles. The molecule has 2 N–H and O–H groups in total. The van der Waals surface area contributed by atoms with Gasteiger partial charge in [0.15, 0.2) is 0 Å². The molecular formula is C29H49BrO2. The number of fused-ring (bicyclic) bond motifs is 4. The molecule has 7 atom stereocenters. The zero-order valence-electron chi connectivity index (χ0n) is 21.9. The largest absolute Gasteiger partial charge is 0.393 e. The highest BCUT2D eigenvalue weighted by atomic mass is 79.9. The Hall–Kier alpha value is 0.140. The first-order valence-electron chi connectivity index (χ1n) is 13.5. The molecule has 0 saturated heterocycles. The van der Waals surface area contributed by atoms with Gasteiger partial charge in [0.1, 0.15) is 0 Å². The monoisotopic (exact) mass is 508 g/mol. The Morgan fingerprint density at radius 1 is 0.969 bits per heavy atom. The Labute approximate surface area is 206 Å². The molecule has 0 aromatic heterocycles. The average molecular weight is 510 g/mol. The summed E-state index contributed by atoms with van der Waals surface area (Å²) in [4.78, 5) is 0.177. The minimum atomic E-state index is -0.645. The molecule has 0 radical (unpaired) electrons. The molecule has 0 bridgehead atoms. The summed E-state index contributed by atoms with van der Waals surface area (Å²) in [7, 11) is 0. The van der Waals surface area contributed by atoms with Crippen molar-refractivity contribution >= 4 is 15.9 Å². The van der Waals surface area contributed by atoms with Crippen molar-refractivity contribution < 1.29 is 10.2 Å². The third-order valence-electron chi connectivity index (χ3n) is 11.7. The van der Waals surface area contributed by atoms with Gasteiger partial charge in [0.25, 0.3) is 0 Å². The fraction of sp³-hybridized carbons (Fsp3) is 0.931. The SMILES string of the molecule is CC(C)(O)C(Br)CCC[C@H]1CC[C@@]2(C)C3=C(CC[C@]12C)[C@@]1(C)CC[C@H](O)C(C)(C)[C@@H]1CC3. The summed E-state index contributed by atoms with van der Waals surface area (Å²) in [5.74, 6) is 1.42. The number of halogens is 1. The standard InChI is InChI=1S/C29H49BrO2/c1-25(2)22-12-11-21-20(27(22,5)16-15-24(25)31)14-18-28(6)19(13-17-29(21,28)7)9-8-10-23(30)26(3,4)32/h19,22-24,31-32H,8-18H2,1-7H3/t19-,22-,23?,24-,27+,28+,29-/m0/s1. The van der Waals surface area contributed by atoms with Gasteiger partial charge in [-0.15, -0.1) is 0 Å². The maximum absolute atomic E-state index is 10.8. The molecular weight excluding hydrogens is 460 g/mol. The Kier molecular flexibility index (Phi) is 6.38. The highest BCUT2D eigenvalue weighted by Gasteiger charge is 2.62. The summed E-state index contributed by atoms with van der Waals surface area (Å²) in [6.07, 6.45) is 13.4. The molecule has 4 aliphatic carbocycles. The van der Waals surface area contributed by atoms with Gasteiger partial charge in [-0.2, -0.15) is 0 Å². The lowest BCUT2D eigenvalue weighted by Crippen LogP contribution is -2.54. The molecule has 4 rings (SSSR count). The number of rotatable bonds is 5. The molecule has 0 aromatic carbocycles. The van der Waals surface area contributed by atoms with Crippen molar-refractivity contribution in [3.8, 4) is 0 Å². The molecule has 32 heavy (non-hydrogen) atoms. The maximum atomic E-state index is 10.8. The molecule has 184 valence electrons. The number of aliphatic hydroxyl groups is 2. The number of aliphatic hydroxyl groups excluding tert-OH is 1. The van der Waals surface area contributed by atoms with Crippen molar-refractivity contribution in [2.24, 2.45) is 33.5 Å². The molecule has 4 aliphatic rings. The summed E-state index contributed by atoms with van der Waals surface area (Å²) in [5, 5.41) is 21.1. The van der Waals surface area contributed by atoms with Crippen molar-refractivity contribution in [2.75, 3.05) is 0 Å². The van der Waals surface area contributed by atoms with Crippen molar-refractivity contribution in [1.29, 1.82) is 0 Å². The number of allylic oxidation sites excluding steroid dienone is 2. The van der Waals surface area contributed by atoms with Crippen LogP contribution in [-0.4, -0.2) is 26.7 Å². The molecule has 0 amide bonds. The summed E-state index contributed by atoms with van der Waals surface area (Å²) in [6.45, 7) is 16.3. The predicted octanol–water partition coefficient (Wildman–Crippen LogP) is 7.80. The van der Waals surface area contributed by atoms with Crippen LogP contribution in [0.5, 0.6) is 0 Å². The van der Waals surface area contributed by atoms with Crippen LogP contribution in [0.25, 0.3) is 0 Å². The van der Waals surface area contributed by atoms with E-state index in [-0.39, 0.29) is 21.8 Å². The van der Waals surface area contributed by atoms with Crippen LogP contribution in [0.2, 0.25) is 0 Å². The van der Waals surface area contributed by atoms with E-state index >= 15 is 0 Å². The van der Waals surface area contributed by atoms with Crippen molar-refractivity contribution in [1.82, 2.24) is 0 Å². The van der Waals surface area contributed by atoms with Gasteiger partial charge < -0.3 is 10.2 Å². The van der Waals surface area contributed by atoms with E-state index in [0.717, 1.165) is 18.8 Å². The third-order valence-corrected chi connectivity index (χ3v) is 13.3. The highest BCUT2D eigenvalue weighted by molar-refractivity contribution is 9.09. The molecule has 0 aromatic rings. The first-order valence-corrected chi connectivity index (χ1v) is 14.4. The Morgan fingerprint density at radius 2 is 1.66 bits per heavy atom. The van der Waals surface area contributed by atoms with E-state index in [1.165, 1.54) is 57.8 Å². The van der Waals surface area contributed by atoms with Gasteiger partial charge in [-0.3, -0.25) is 0 Å². The van der Waals surface area contributed by atoms with Crippen LogP contribution in [0.3, 0.4) is 0 Å². The van der Waals surface area contributed by atoms with Gasteiger partial charge >= 0.3 is 0 Å². The van der Waals surface area contributed by atoms with E-state index in [0.29, 0.717) is 16.7 Å². The zero-order valence-corrected chi connectivity index (χ0v) is 23.4. The second-order valence-corrected chi connectivity index (χ2v) is 15.0. The quantitative estimate of drug-likeness (QED) is 0.293. The highest BCUT2D eigenvalue weighted by Crippen LogP contribution is 2.72. The Balaban J connectivity index is 1.57. The van der Waals surface area contributed by atoms with Crippen LogP contribution in [0.1, 0.15) is 119 Å². The number of hydrogen-bond donors (Lipinski definition) is 2. The van der Waals surface area contributed by atoms with E-state index in [2.05, 4.69) is 50.5 Å². The fourth-order valence-corrected chi connectivity index (χ4v) is 9.48. The molecule has 2 saturated carbocycles.